The molecule has 0 radical (unpaired) electrons. The van der Waals surface area contributed by atoms with Crippen molar-refractivity contribution in [2.24, 2.45) is 0 Å². The van der Waals surface area contributed by atoms with Crippen molar-refractivity contribution in [2.75, 3.05) is 47.5 Å². The summed E-state index contributed by atoms with van der Waals surface area (Å²) in [6.45, 7) is 3.58. The van der Waals surface area contributed by atoms with Crippen LogP contribution in [0, 0.1) is 0 Å². The van der Waals surface area contributed by atoms with Crippen LogP contribution in [-0.4, -0.2) is 92.5 Å². The Hall–Kier alpha value is -3.93. The maximum absolute atomic E-state index is 12.7. The number of phosphoric ester groups is 1. The number of allylic oxidation sites excluding steroid dienone is 18. The third-order valence-corrected chi connectivity index (χ3v) is 9.30. The van der Waals surface area contributed by atoms with Crippen molar-refractivity contribution in [3.8, 4) is 0 Å². The number of rotatable bonds is 37. The van der Waals surface area contributed by atoms with Crippen LogP contribution < -0.4 is 4.89 Å². The third kappa shape index (κ3) is 42.7. The van der Waals surface area contributed by atoms with E-state index < -0.39 is 44.7 Å². The number of esters is 2. The van der Waals surface area contributed by atoms with E-state index in [0.29, 0.717) is 49.6 Å². The molecule has 62 heavy (non-hydrogen) atoms. The fourth-order valence-corrected chi connectivity index (χ4v) is 5.63. The SMILES string of the molecule is CC/C=C\C/C=C\C/C=C\C/C=C\C/C=C\CCCC(=O)OC[C@H](COP(=O)([O-])OCC[N+](C)(C)C)OC(=O)CCC/C=C\[C@@H](O)/C=C/C=C\C/C=C\C=C\[C@@H](O)C/C=C\CC. The summed E-state index contributed by atoms with van der Waals surface area (Å²) in [7, 11) is 0.977. The molecule has 2 N–H and O–H groups in total. The first-order chi connectivity index (χ1) is 29.8. The summed E-state index contributed by atoms with van der Waals surface area (Å²) in [5, 5.41) is 20.0. The number of hydrogen-bond donors (Lipinski definition) is 2. The zero-order valence-electron chi connectivity index (χ0n) is 38.2. The lowest BCUT2D eigenvalue weighted by Crippen LogP contribution is -2.37. The maximum Gasteiger partial charge on any atom is 0.306 e. The first-order valence-electron chi connectivity index (χ1n) is 22.1. The highest BCUT2D eigenvalue weighted by atomic mass is 31.2. The van der Waals surface area contributed by atoms with Crippen LogP contribution in [0.4, 0.5) is 0 Å². The van der Waals surface area contributed by atoms with Gasteiger partial charge in [0.05, 0.1) is 40.0 Å². The van der Waals surface area contributed by atoms with E-state index in [1.165, 1.54) is 0 Å². The van der Waals surface area contributed by atoms with Crippen molar-refractivity contribution in [2.45, 2.75) is 122 Å². The van der Waals surface area contributed by atoms with E-state index in [2.05, 4.69) is 62.5 Å². The van der Waals surface area contributed by atoms with Crippen molar-refractivity contribution < 1.29 is 52.3 Å². The first-order valence-corrected chi connectivity index (χ1v) is 23.6. The molecule has 348 valence electrons. The number of aliphatic hydroxyl groups excluding tert-OH is 2. The predicted molar refractivity (Wildman–Crippen MR) is 252 cm³/mol. The molecule has 0 rings (SSSR count). The minimum atomic E-state index is -4.71. The molecule has 11 nitrogen and oxygen atoms in total. The summed E-state index contributed by atoms with van der Waals surface area (Å²) in [5.74, 6) is -1.10. The molecule has 0 amide bonds. The molecular formula is C50H78NO10P. The standard InChI is InChI=1S/C50H78NO10P/c1-6-8-10-11-12-13-14-15-16-17-18-19-20-21-25-28-34-40-49(54)58-44-48(45-60-62(56,57)59-43-42-51(3,4)5)61-50(55)41-35-29-33-39-47(53)38-32-27-24-22-23-26-31-37-46(52)36-30-9-7-2/h8-10,12-13,15-16,18-19,21,23-27,30-33,37-39,46-48,52-53H,6-7,11,14,17,20,22,28-29,34-36,40-45H2,1-5H3/b10-8-,13-12-,16-15-,19-18-,25-21-,26-23-,27-24-,30-9-,37-31+,38-32+,39-33-/t46-,47-,48+/m0/s1. The van der Waals surface area contributed by atoms with Gasteiger partial charge in [-0.25, -0.2) is 0 Å². The maximum atomic E-state index is 12.7. The Morgan fingerprint density at radius 3 is 1.73 bits per heavy atom. The summed E-state index contributed by atoms with van der Waals surface area (Å²) >= 11 is 0. The lowest BCUT2D eigenvalue weighted by atomic mass is 10.2. The van der Waals surface area contributed by atoms with Crippen molar-refractivity contribution >= 4 is 19.8 Å². The second-order valence-corrected chi connectivity index (χ2v) is 16.8. The van der Waals surface area contributed by atoms with Crippen LogP contribution in [0.25, 0.3) is 0 Å². The summed E-state index contributed by atoms with van der Waals surface area (Å²) in [6, 6.07) is 0. The molecule has 0 aromatic rings. The van der Waals surface area contributed by atoms with E-state index in [1.54, 1.807) is 30.4 Å². The van der Waals surface area contributed by atoms with Crippen molar-refractivity contribution in [1.82, 2.24) is 0 Å². The Labute approximate surface area is 374 Å². The van der Waals surface area contributed by atoms with Crippen LogP contribution >= 0.6 is 7.82 Å². The molecule has 12 heteroatoms. The molecule has 0 spiro atoms. The largest absolute Gasteiger partial charge is 0.756 e. The Kier molecular flexibility index (Phi) is 37.4. The van der Waals surface area contributed by atoms with Crippen molar-refractivity contribution in [1.29, 1.82) is 0 Å². The molecule has 0 saturated heterocycles. The normalized spacial score (nSPS) is 15.8. The van der Waals surface area contributed by atoms with E-state index >= 15 is 0 Å². The molecule has 0 fully saturated rings. The van der Waals surface area contributed by atoms with Gasteiger partial charge in [-0.15, -0.1) is 0 Å². The van der Waals surface area contributed by atoms with Crippen LogP contribution in [0.5, 0.6) is 0 Å². The molecular weight excluding hydrogens is 806 g/mol. The van der Waals surface area contributed by atoms with Crippen LogP contribution in [0.15, 0.2) is 134 Å². The molecule has 0 heterocycles. The summed E-state index contributed by atoms with van der Waals surface area (Å²) < 4.78 is 33.6. The van der Waals surface area contributed by atoms with Gasteiger partial charge in [0, 0.05) is 12.8 Å². The monoisotopic (exact) mass is 884 g/mol. The molecule has 0 aromatic heterocycles. The molecule has 0 saturated carbocycles. The number of hydrogen-bond acceptors (Lipinski definition) is 10. The molecule has 0 bridgehead atoms. The fourth-order valence-electron chi connectivity index (χ4n) is 4.90. The number of carbonyl (C=O) groups is 2. The third-order valence-electron chi connectivity index (χ3n) is 8.34. The number of phosphoric acid groups is 1. The van der Waals surface area contributed by atoms with E-state index in [9.17, 15) is 29.3 Å². The zero-order valence-corrected chi connectivity index (χ0v) is 39.1. The van der Waals surface area contributed by atoms with Gasteiger partial charge in [0.1, 0.15) is 19.8 Å². The molecule has 0 aromatic carbocycles. The number of aliphatic hydroxyl groups is 2. The number of unbranched alkanes of at least 4 members (excludes halogenated alkanes) is 2. The van der Waals surface area contributed by atoms with E-state index in [1.807, 2.05) is 75.8 Å². The van der Waals surface area contributed by atoms with Gasteiger partial charge in [-0.2, -0.15) is 0 Å². The summed E-state index contributed by atoms with van der Waals surface area (Å²) in [6.07, 6.45) is 50.0. The average molecular weight is 884 g/mol. The second-order valence-electron chi connectivity index (χ2n) is 15.3. The molecule has 0 aliphatic carbocycles. The van der Waals surface area contributed by atoms with Gasteiger partial charge in [-0.1, -0.05) is 148 Å². The number of likely N-dealkylation sites (N-methyl/N-ethyl adjacent to an activating group) is 1. The fraction of sp³-hybridized carbons (Fsp3) is 0.520. The van der Waals surface area contributed by atoms with Gasteiger partial charge in [0.15, 0.2) is 6.10 Å². The number of nitrogens with zero attached hydrogens (tertiary/aromatic N) is 1. The highest BCUT2D eigenvalue weighted by molar-refractivity contribution is 7.45. The Balaban J connectivity index is 4.74. The van der Waals surface area contributed by atoms with E-state index in [0.717, 1.165) is 38.5 Å². The van der Waals surface area contributed by atoms with Gasteiger partial charge in [-0.05, 0) is 77.0 Å². The Morgan fingerprint density at radius 1 is 0.613 bits per heavy atom. The lowest BCUT2D eigenvalue weighted by Gasteiger charge is -2.28. The van der Waals surface area contributed by atoms with Gasteiger partial charge < -0.3 is 38.1 Å². The predicted octanol–water partition coefficient (Wildman–Crippen LogP) is 9.99. The van der Waals surface area contributed by atoms with Crippen LogP contribution in [-0.2, 0) is 32.7 Å². The zero-order chi connectivity index (χ0) is 46.0. The number of quaternary nitrogens is 1. The molecule has 0 aliphatic rings. The van der Waals surface area contributed by atoms with Gasteiger partial charge in [0.2, 0.25) is 0 Å². The molecule has 1 unspecified atom stereocenters. The van der Waals surface area contributed by atoms with Gasteiger partial charge in [0.25, 0.3) is 7.82 Å². The van der Waals surface area contributed by atoms with E-state index in [-0.39, 0.29) is 26.1 Å². The minimum Gasteiger partial charge on any atom is -0.756 e. The quantitative estimate of drug-likeness (QED) is 0.0154. The smallest absolute Gasteiger partial charge is 0.306 e. The summed E-state index contributed by atoms with van der Waals surface area (Å²) in [5.41, 5.74) is 0. The Bertz CT molecular complexity index is 1540. The molecule has 4 atom stereocenters. The van der Waals surface area contributed by atoms with Crippen LogP contribution in [0.1, 0.15) is 104 Å². The minimum absolute atomic E-state index is 0.0172. The van der Waals surface area contributed by atoms with E-state index in [4.69, 9.17) is 18.5 Å². The average Bonchev–Trinajstić information content (AvgIpc) is 3.21. The Morgan fingerprint density at radius 2 is 1.13 bits per heavy atom. The summed E-state index contributed by atoms with van der Waals surface area (Å²) in [4.78, 5) is 37.5. The van der Waals surface area contributed by atoms with Gasteiger partial charge in [-0.3, -0.25) is 14.2 Å². The van der Waals surface area contributed by atoms with Crippen LogP contribution in [0.2, 0.25) is 0 Å². The highest BCUT2D eigenvalue weighted by Crippen LogP contribution is 2.38. The molecule has 0 aliphatic heterocycles. The number of ether oxygens (including phenoxy) is 2. The second kappa shape index (κ2) is 39.9. The number of carbonyl (C=O) groups excluding carboxylic acids is 2. The van der Waals surface area contributed by atoms with Crippen LogP contribution in [0.3, 0.4) is 0 Å². The topological polar surface area (TPSA) is 152 Å². The lowest BCUT2D eigenvalue weighted by molar-refractivity contribution is -0.870. The highest BCUT2D eigenvalue weighted by Gasteiger charge is 2.21. The van der Waals surface area contributed by atoms with Crippen molar-refractivity contribution in [3.63, 3.8) is 0 Å². The van der Waals surface area contributed by atoms with Crippen molar-refractivity contribution in [3.05, 3.63) is 134 Å². The first kappa shape index (κ1) is 58.1. The van der Waals surface area contributed by atoms with Gasteiger partial charge >= 0.3 is 11.9 Å².